The molecule has 0 aliphatic rings. The fourth-order valence-electron chi connectivity index (χ4n) is 2.00. The molecule has 1 aromatic carbocycles. The van der Waals surface area contributed by atoms with Crippen LogP contribution in [-0.4, -0.2) is 35.4 Å². The normalized spacial score (nSPS) is 14.3. The Morgan fingerprint density at radius 2 is 1.69 bits per heavy atom. The van der Waals surface area contributed by atoms with Crippen LogP contribution in [-0.2, 0) is 20.4 Å². The van der Waals surface area contributed by atoms with Crippen molar-refractivity contribution in [1.82, 2.24) is 5.32 Å². The fraction of sp³-hybridized carbons (Fsp3) is 0.529. The van der Waals surface area contributed by atoms with Crippen molar-refractivity contribution in [3.05, 3.63) is 35.4 Å². The maximum atomic E-state index is 12.6. The molecule has 0 radical (unpaired) electrons. The molecule has 0 aliphatic heterocycles. The number of esters is 1. The Bertz CT molecular complexity index is 623. The molecule has 2 unspecified atom stereocenters. The van der Waals surface area contributed by atoms with Gasteiger partial charge < -0.3 is 19.9 Å². The number of benzene rings is 1. The molecule has 9 heteroatoms. The predicted octanol–water partition coefficient (Wildman–Crippen LogP) is 3.20. The molecule has 0 aliphatic carbocycles. The molecule has 0 spiro atoms. The molecule has 1 rings (SSSR count). The lowest BCUT2D eigenvalue weighted by Gasteiger charge is -2.25. The molecule has 26 heavy (non-hydrogen) atoms. The average molecular weight is 377 g/mol. The first-order valence-corrected chi connectivity index (χ1v) is 7.86. The summed E-state index contributed by atoms with van der Waals surface area (Å²) in [5.74, 6) is -0.939. The third-order valence-electron chi connectivity index (χ3n) is 3.11. The van der Waals surface area contributed by atoms with Crippen molar-refractivity contribution in [2.24, 2.45) is 0 Å². The topological polar surface area (TPSA) is 84.9 Å². The van der Waals surface area contributed by atoms with E-state index in [9.17, 15) is 27.9 Å². The van der Waals surface area contributed by atoms with Crippen LogP contribution in [0, 0.1) is 0 Å². The van der Waals surface area contributed by atoms with E-state index in [0.717, 1.165) is 24.3 Å². The lowest BCUT2D eigenvalue weighted by atomic mass is 10.0. The summed E-state index contributed by atoms with van der Waals surface area (Å²) in [7, 11) is 0. The highest BCUT2D eigenvalue weighted by molar-refractivity contribution is 5.82. The Hall–Kier alpha value is -2.29. The van der Waals surface area contributed by atoms with E-state index in [1.54, 1.807) is 20.8 Å². The molecular weight excluding hydrogens is 355 g/mol. The molecule has 2 N–H and O–H groups in total. The quantitative estimate of drug-likeness (QED) is 0.770. The number of hydrogen-bond donors (Lipinski definition) is 2. The van der Waals surface area contributed by atoms with Gasteiger partial charge in [-0.3, -0.25) is 0 Å². The fourth-order valence-corrected chi connectivity index (χ4v) is 2.00. The van der Waals surface area contributed by atoms with Crippen molar-refractivity contribution in [2.75, 3.05) is 6.61 Å². The Labute approximate surface area is 149 Å². The Balaban J connectivity index is 3.02. The van der Waals surface area contributed by atoms with Crippen LogP contribution < -0.4 is 5.32 Å². The molecule has 0 heterocycles. The minimum Gasteiger partial charge on any atom is -0.464 e. The van der Waals surface area contributed by atoms with Crippen LogP contribution in [0.5, 0.6) is 0 Å². The Morgan fingerprint density at radius 3 is 2.12 bits per heavy atom. The van der Waals surface area contributed by atoms with Gasteiger partial charge in [-0.15, -0.1) is 0 Å². The molecular formula is C17H22F3NO5. The van der Waals surface area contributed by atoms with Gasteiger partial charge in [-0.25, -0.2) is 9.59 Å². The van der Waals surface area contributed by atoms with E-state index in [1.807, 2.05) is 0 Å². The molecule has 0 bridgehead atoms. The van der Waals surface area contributed by atoms with Gasteiger partial charge >= 0.3 is 18.2 Å². The number of carbonyl (C=O) groups is 2. The van der Waals surface area contributed by atoms with Crippen molar-refractivity contribution in [1.29, 1.82) is 0 Å². The third-order valence-corrected chi connectivity index (χ3v) is 3.11. The van der Waals surface area contributed by atoms with Crippen molar-refractivity contribution in [3.8, 4) is 0 Å². The summed E-state index contributed by atoms with van der Waals surface area (Å²) >= 11 is 0. The van der Waals surface area contributed by atoms with Crippen molar-refractivity contribution in [3.63, 3.8) is 0 Å². The molecule has 146 valence electrons. The highest BCUT2D eigenvalue weighted by atomic mass is 19.4. The molecule has 6 nitrogen and oxygen atoms in total. The van der Waals surface area contributed by atoms with Gasteiger partial charge in [-0.1, -0.05) is 12.1 Å². The smallest absolute Gasteiger partial charge is 0.416 e. The number of amides is 1. The lowest BCUT2D eigenvalue weighted by Crippen LogP contribution is -2.47. The van der Waals surface area contributed by atoms with Crippen LogP contribution in [0.1, 0.15) is 44.9 Å². The SMILES string of the molecule is CCOC(=O)C(NC(=O)OC(C)(C)C)C(O)c1ccc(C(F)(F)F)cc1. The second kappa shape index (κ2) is 8.39. The number of alkyl halides is 3. The van der Waals surface area contributed by atoms with Crippen molar-refractivity contribution < 1.29 is 37.3 Å². The second-order valence-electron chi connectivity index (χ2n) is 6.44. The Kier molecular flexibility index (Phi) is 7.02. The monoisotopic (exact) mass is 377 g/mol. The highest BCUT2D eigenvalue weighted by Gasteiger charge is 2.34. The van der Waals surface area contributed by atoms with E-state index in [4.69, 9.17) is 9.47 Å². The summed E-state index contributed by atoms with van der Waals surface area (Å²) in [6.07, 6.45) is -7.12. The molecule has 2 atom stereocenters. The maximum absolute atomic E-state index is 12.6. The largest absolute Gasteiger partial charge is 0.464 e. The third kappa shape index (κ3) is 6.55. The van der Waals surface area contributed by atoms with Crippen LogP contribution in [0.4, 0.5) is 18.0 Å². The van der Waals surface area contributed by atoms with Crippen molar-refractivity contribution >= 4 is 12.1 Å². The highest BCUT2D eigenvalue weighted by Crippen LogP contribution is 2.30. The summed E-state index contributed by atoms with van der Waals surface area (Å²) < 4.78 is 47.7. The first-order chi connectivity index (χ1) is 11.8. The van der Waals surface area contributed by atoms with Crippen LogP contribution in [0.25, 0.3) is 0 Å². The number of carbonyl (C=O) groups excluding carboxylic acids is 2. The number of halogens is 3. The number of ether oxygens (including phenoxy) is 2. The van der Waals surface area contributed by atoms with Crippen molar-refractivity contribution in [2.45, 2.75) is 51.6 Å². The predicted molar refractivity (Wildman–Crippen MR) is 86.2 cm³/mol. The van der Waals surface area contributed by atoms with E-state index in [-0.39, 0.29) is 12.2 Å². The summed E-state index contributed by atoms with van der Waals surface area (Å²) in [6.45, 7) is 6.35. The van der Waals surface area contributed by atoms with E-state index in [1.165, 1.54) is 6.92 Å². The summed E-state index contributed by atoms with van der Waals surface area (Å²) in [5.41, 5.74) is -1.74. The summed E-state index contributed by atoms with van der Waals surface area (Å²) in [5, 5.41) is 12.6. The zero-order valence-corrected chi connectivity index (χ0v) is 14.9. The zero-order valence-electron chi connectivity index (χ0n) is 14.9. The minimum absolute atomic E-state index is 0.00658. The molecule has 1 amide bonds. The van der Waals surface area contributed by atoms with E-state index >= 15 is 0 Å². The van der Waals surface area contributed by atoms with Gasteiger partial charge in [0, 0.05) is 0 Å². The van der Waals surface area contributed by atoms with Gasteiger partial charge in [0.2, 0.25) is 0 Å². The number of hydrogen-bond acceptors (Lipinski definition) is 5. The van der Waals surface area contributed by atoms with Gasteiger partial charge in [0.25, 0.3) is 0 Å². The maximum Gasteiger partial charge on any atom is 0.416 e. The molecule has 0 saturated carbocycles. The van der Waals surface area contributed by atoms with Crippen LogP contribution >= 0.6 is 0 Å². The van der Waals surface area contributed by atoms with Gasteiger partial charge in [-0.2, -0.15) is 13.2 Å². The van der Waals surface area contributed by atoms with Gasteiger partial charge in [0.1, 0.15) is 11.7 Å². The van der Waals surface area contributed by atoms with Crippen LogP contribution in [0.2, 0.25) is 0 Å². The Morgan fingerprint density at radius 1 is 1.15 bits per heavy atom. The first-order valence-electron chi connectivity index (χ1n) is 7.86. The zero-order chi connectivity index (χ0) is 20.1. The van der Waals surface area contributed by atoms with Gasteiger partial charge in [0.05, 0.1) is 12.2 Å². The number of rotatable bonds is 5. The molecule has 0 aromatic heterocycles. The number of nitrogens with one attached hydrogen (secondary N) is 1. The van der Waals surface area contributed by atoms with E-state index < -0.39 is 41.5 Å². The lowest BCUT2D eigenvalue weighted by molar-refractivity contribution is -0.149. The van der Waals surface area contributed by atoms with Crippen LogP contribution in [0.3, 0.4) is 0 Å². The van der Waals surface area contributed by atoms with E-state index in [2.05, 4.69) is 5.32 Å². The van der Waals surface area contributed by atoms with Crippen LogP contribution in [0.15, 0.2) is 24.3 Å². The van der Waals surface area contributed by atoms with Gasteiger partial charge in [-0.05, 0) is 45.4 Å². The minimum atomic E-state index is -4.53. The molecule has 0 saturated heterocycles. The average Bonchev–Trinajstić information content (AvgIpc) is 2.49. The summed E-state index contributed by atoms with van der Waals surface area (Å²) in [6, 6.07) is 2.05. The van der Waals surface area contributed by atoms with E-state index in [0.29, 0.717) is 0 Å². The number of alkyl carbamates (subject to hydrolysis) is 1. The van der Waals surface area contributed by atoms with Gasteiger partial charge in [0.15, 0.2) is 6.04 Å². The molecule has 0 fully saturated rings. The summed E-state index contributed by atoms with van der Waals surface area (Å²) in [4.78, 5) is 24.0. The number of aliphatic hydroxyl groups is 1. The second-order valence-corrected chi connectivity index (χ2v) is 6.44. The first kappa shape index (κ1) is 21.8. The standard InChI is InChI=1S/C17H22F3NO5/c1-5-25-14(23)12(21-15(24)26-16(2,3)4)13(22)10-6-8-11(9-7-10)17(18,19)20/h6-9,12-13,22H,5H2,1-4H3,(H,21,24). The number of aliphatic hydroxyl groups excluding tert-OH is 1. The molecule has 1 aromatic rings.